The molecule has 1 saturated heterocycles. The third-order valence-corrected chi connectivity index (χ3v) is 4.20. The van der Waals surface area contributed by atoms with Crippen molar-refractivity contribution in [3.05, 3.63) is 22.7 Å². The molecule has 0 amide bonds. The van der Waals surface area contributed by atoms with Gasteiger partial charge in [-0.25, -0.2) is 0 Å². The minimum atomic E-state index is -0.996. The maximum atomic E-state index is 11.4. The average molecular weight is 319 g/mol. The molecule has 17 heavy (non-hydrogen) atoms. The van der Waals surface area contributed by atoms with Crippen LogP contribution in [0.15, 0.2) is 27.6 Å². The third kappa shape index (κ3) is 3.53. The topological polar surface area (TPSA) is 35.5 Å². The van der Waals surface area contributed by atoms with Gasteiger partial charge >= 0.3 is 0 Å². The zero-order valence-electron chi connectivity index (χ0n) is 9.65. The number of halogens is 1. The summed E-state index contributed by atoms with van der Waals surface area (Å²) >= 11 is 3.43. The van der Waals surface area contributed by atoms with Crippen molar-refractivity contribution in [3.63, 3.8) is 0 Å². The Labute approximate surface area is 112 Å². The van der Waals surface area contributed by atoms with E-state index in [9.17, 15) is 4.21 Å². The van der Waals surface area contributed by atoms with Gasteiger partial charge in [0.15, 0.2) is 6.29 Å². The second-order valence-electron chi connectivity index (χ2n) is 3.96. The Bertz CT molecular complexity index is 416. The summed E-state index contributed by atoms with van der Waals surface area (Å²) < 4.78 is 23.6. The lowest BCUT2D eigenvalue weighted by atomic mass is 10.2. The molecule has 5 heteroatoms. The molecule has 0 bridgehead atoms. The van der Waals surface area contributed by atoms with Crippen LogP contribution >= 0.6 is 15.9 Å². The van der Waals surface area contributed by atoms with Crippen molar-refractivity contribution in [3.8, 4) is 5.75 Å². The quantitative estimate of drug-likeness (QED) is 0.859. The van der Waals surface area contributed by atoms with Crippen LogP contribution in [-0.4, -0.2) is 23.4 Å². The second kappa shape index (κ2) is 5.98. The molecule has 0 aromatic heterocycles. The van der Waals surface area contributed by atoms with Gasteiger partial charge in [-0.2, -0.15) is 0 Å². The predicted octanol–water partition coefficient (Wildman–Crippen LogP) is 3.09. The van der Waals surface area contributed by atoms with Crippen LogP contribution in [0, 0.1) is 0 Å². The summed E-state index contributed by atoms with van der Waals surface area (Å²) in [5.41, 5.74) is 0. The molecule has 0 saturated carbocycles. The van der Waals surface area contributed by atoms with E-state index in [2.05, 4.69) is 15.9 Å². The first-order chi connectivity index (χ1) is 8.16. The lowest BCUT2D eigenvalue weighted by Gasteiger charge is -2.24. The van der Waals surface area contributed by atoms with Gasteiger partial charge < -0.3 is 9.47 Å². The summed E-state index contributed by atoms with van der Waals surface area (Å²) in [7, 11) is -0.996. The average Bonchev–Trinajstić information content (AvgIpc) is 2.33. The van der Waals surface area contributed by atoms with Crippen molar-refractivity contribution in [1.29, 1.82) is 0 Å². The Kier molecular flexibility index (Phi) is 4.59. The lowest BCUT2D eigenvalue weighted by Crippen LogP contribution is -2.25. The Balaban J connectivity index is 2.13. The molecule has 1 fully saturated rings. The Morgan fingerprint density at radius 3 is 2.94 bits per heavy atom. The minimum absolute atomic E-state index is 0.180. The van der Waals surface area contributed by atoms with E-state index in [1.165, 1.54) is 0 Å². The molecule has 0 aliphatic carbocycles. The molecular formula is C12H15BrO3S. The summed E-state index contributed by atoms with van der Waals surface area (Å²) in [6.45, 7) is 0.752. The highest BCUT2D eigenvalue weighted by Crippen LogP contribution is 2.29. The Morgan fingerprint density at radius 1 is 1.47 bits per heavy atom. The molecule has 2 atom stereocenters. The molecule has 0 N–H and O–H groups in total. The van der Waals surface area contributed by atoms with Crippen LogP contribution in [-0.2, 0) is 15.5 Å². The molecule has 1 aromatic carbocycles. The molecule has 0 radical (unpaired) electrons. The van der Waals surface area contributed by atoms with Crippen molar-refractivity contribution >= 4 is 26.7 Å². The van der Waals surface area contributed by atoms with Gasteiger partial charge in [0.2, 0.25) is 0 Å². The largest absolute Gasteiger partial charge is 0.464 e. The first-order valence-electron chi connectivity index (χ1n) is 5.58. The summed E-state index contributed by atoms with van der Waals surface area (Å²) in [6, 6.07) is 5.49. The van der Waals surface area contributed by atoms with Crippen LogP contribution < -0.4 is 4.74 Å². The fourth-order valence-corrected chi connectivity index (χ4v) is 2.57. The molecule has 1 aliphatic rings. The molecule has 1 heterocycles. The van der Waals surface area contributed by atoms with Gasteiger partial charge in [0.25, 0.3) is 0 Å². The van der Waals surface area contributed by atoms with Gasteiger partial charge in [-0.15, -0.1) is 0 Å². The first-order valence-corrected chi connectivity index (χ1v) is 7.93. The van der Waals surface area contributed by atoms with Crippen LogP contribution in [0.25, 0.3) is 0 Å². The van der Waals surface area contributed by atoms with E-state index >= 15 is 0 Å². The first kappa shape index (κ1) is 13.1. The summed E-state index contributed by atoms with van der Waals surface area (Å²) in [5, 5.41) is 0. The van der Waals surface area contributed by atoms with Gasteiger partial charge in [0.05, 0.1) is 11.1 Å². The van der Waals surface area contributed by atoms with Crippen molar-refractivity contribution in [2.75, 3.05) is 12.9 Å². The molecule has 3 nitrogen and oxygen atoms in total. The van der Waals surface area contributed by atoms with E-state index < -0.39 is 10.8 Å². The fraction of sp³-hybridized carbons (Fsp3) is 0.500. The zero-order valence-corrected chi connectivity index (χ0v) is 12.1. The van der Waals surface area contributed by atoms with Gasteiger partial charge in [-0.1, -0.05) is 0 Å². The molecule has 94 valence electrons. The second-order valence-corrected chi connectivity index (χ2v) is 6.19. The molecule has 0 unspecified atom stereocenters. The lowest BCUT2D eigenvalue weighted by molar-refractivity contribution is -0.106. The smallest absolute Gasteiger partial charge is 0.199 e. The van der Waals surface area contributed by atoms with Crippen LogP contribution in [0.3, 0.4) is 0 Å². The highest BCUT2D eigenvalue weighted by molar-refractivity contribution is 9.10. The van der Waals surface area contributed by atoms with Crippen molar-refractivity contribution in [1.82, 2.24) is 0 Å². The third-order valence-electron chi connectivity index (χ3n) is 2.63. The van der Waals surface area contributed by atoms with E-state index in [1.807, 2.05) is 12.1 Å². The maximum Gasteiger partial charge on any atom is 0.199 e. The Hall–Kier alpha value is -0.390. The summed E-state index contributed by atoms with van der Waals surface area (Å²) in [5.74, 6) is 0.699. The summed E-state index contributed by atoms with van der Waals surface area (Å²) in [6.07, 6.45) is 4.61. The van der Waals surface area contributed by atoms with Gasteiger partial charge in [0, 0.05) is 28.4 Å². The highest BCUT2D eigenvalue weighted by Gasteiger charge is 2.17. The van der Waals surface area contributed by atoms with E-state index in [0.29, 0.717) is 5.75 Å². The van der Waals surface area contributed by atoms with Crippen LogP contribution in [0.1, 0.15) is 19.3 Å². The number of hydrogen-bond acceptors (Lipinski definition) is 3. The van der Waals surface area contributed by atoms with Gasteiger partial charge in [-0.3, -0.25) is 4.21 Å². The minimum Gasteiger partial charge on any atom is -0.464 e. The van der Waals surface area contributed by atoms with E-state index in [4.69, 9.17) is 9.47 Å². The van der Waals surface area contributed by atoms with E-state index in [-0.39, 0.29) is 6.29 Å². The summed E-state index contributed by atoms with van der Waals surface area (Å²) in [4.78, 5) is 0.763. The van der Waals surface area contributed by atoms with Gasteiger partial charge in [-0.05, 0) is 47.0 Å². The van der Waals surface area contributed by atoms with Crippen molar-refractivity contribution < 1.29 is 13.7 Å². The molecule has 1 aliphatic heterocycles. The molecule has 0 spiro atoms. The normalized spacial score (nSPS) is 22.1. The molecular weight excluding hydrogens is 304 g/mol. The van der Waals surface area contributed by atoms with Crippen LogP contribution in [0.2, 0.25) is 0 Å². The standard InChI is InChI=1S/C12H15BrO3S/c1-17(14)9-5-6-10(13)11(8-9)16-12-4-2-3-7-15-12/h5-6,8,12H,2-4,7H2,1H3/t12-,17+/m1/s1. The van der Waals surface area contributed by atoms with Crippen LogP contribution in [0.5, 0.6) is 5.75 Å². The van der Waals surface area contributed by atoms with Gasteiger partial charge in [0.1, 0.15) is 5.75 Å². The maximum absolute atomic E-state index is 11.4. The predicted molar refractivity (Wildman–Crippen MR) is 70.7 cm³/mol. The fourth-order valence-electron chi connectivity index (χ4n) is 1.70. The number of ether oxygens (including phenoxy) is 2. The van der Waals surface area contributed by atoms with E-state index in [1.54, 1.807) is 12.3 Å². The van der Waals surface area contributed by atoms with E-state index in [0.717, 1.165) is 35.2 Å². The number of benzene rings is 1. The number of rotatable bonds is 3. The highest BCUT2D eigenvalue weighted by atomic mass is 79.9. The SMILES string of the molecule is C[S@](=O)c1ccc(Br)c(O[C@@H]2CCCCO2)c1. The molecule has 1 aromatic rings. The van der Waals surface area contributed by atoms with Crippen molar-refractivity contribution in [2.45, 2.75) is 30.4 Å². The number of hydrogen-bond donors (Lipinski definition) is 0. The monoisotopic (exact) mass is 318 g/mol. The van der Waals surface area contributed by atoms with Crippen LogP contribution in [0.4, 0.5) is 0 Å². The molecule has 2 rings (SSSR count). The van der Waals surface area contributed by atoms with Crippen molar-refractivity contribution in [2.24, 2.45) is 0 Å². The zero-order chi connectivity index (χ0) is 12.3. The Morgan fingerprint density at radius 2 is 2.29 bits per heavy atom.